The molecule has 1 aliphatic carbocycles. The third-order valence-corrected chi connectivity index (χ3v) is 3.99. The topological polar surface area (TPSA) is 20.2 Å². The highest BCUT2D eigenvalue weighted by atomic mass is 35.5. The van der Waals surface area contributed by atoms with Crippen LogP contribution in [0, 0.1) is 16.7 Å². The van der Waals surface area contributed by atoms with E-state index in [0.717, 1.165) is 0 Å². The van der Waals surface area contributed by atoms with Crippen molar-refractivity contribution in [3.05, 3.63) is 0 Å². The third-order valence-electron chi connectivity index (χ3n) is 3.68. The van der Waals surface area contributed by atoms with Crippen LogP contribution in [-0.4, -0.2) is 17.1 Å². The quantitative estimate of drug-likeness (QED) is 0.641. The minimum atomic E-state index is -0.332. The van der Waals surface area contributed by atoms with Crippen LogP contribution in [0.3, 0.4) is 0 Å². The van der Waals surface area contributed by atoms with E-state index in [4.69, 9.17) is 11.6 Å². The van der Waals surface area contributed by atoms with Gasteiger partial charge in [-0.15, -0.1) is 11.6 Å². The molecule has 0 amide bonds. The maximum absolute atomic E-state index is 9.54. The fourth-order valence-electron chi connectivity index (χ4n) is 2.30. The first-order valence-electron chi connectivity index (χ1n) is 4.09. The smallest absolute Gasteiger partial charge is 0.0714 e. The molecular weight excluding hydrogens is 160 g/mol. The molecule has 1 atom stereocenters. The zero-order chi connectivity index (χ0) is 8.86. The Hall–Kier alpha value is 0.250. The van der Waals surface area contributed by atoms with Gasteiger partial charge < -0.3 is 5.11 Å². The zero-order valence-corrected chi connectivity index (χ0v) is 8.44. The molecule has 0 aromatic heterocycles. The highest BCUT2D eigenvalue weighted by molar-refractivity contribution is 6.18. The maximum atomic E-state index is 9.54. The summed E-state index contributed by atoms with van der Waals surface area (Å²) >= 11 is 5.59. The van der Waals surface area contributed by atoms with Crippen molar-refractivity contribution < 1.29 is 5.11 Å². The first kappa shape index (κ1) is 9.34. The lowest BCUT2D eigenvalue weighted by Gasteiger charge is -2.07. The first-order valence-corrected chi connectivity index (χ1v) is 4.63. The molecule has 0 saturated heterocycles. The molecule has 1 aliphatic rings. The van der Waals surface area contributed by atoms with Gasteiger partial charge in [-0.3, -0.25) is 0 Å². The lowest BCUT2D eigenvalue weighted by Crippen LogP contribution is -2.15. The number of aliphatic hydroxyl groups excluding tert-OH is 1. The Bertz CT molecular complexity index is 149. The van der Waals surface area contributed by atoms with E-state index in [1.807, 2.05) is 0 Å². The molecular formula is C9H17ClO. The molecule has 2 heteroatoms. The molecule has 66 valence electrons. The van der Waals surface area contributed by atoms with Crippen molar-refractivity contribution in [2.24, 2.45) is 16.7 Å². The summed E-state index contributed by atoms with van der Waals surface area (Å²) in [4.78, 5) is 0. The fourth-order valence-corrected chi connectivity index (χ4v) is 2.48. The Balaban J connectivity index is 2.67. The van der Waals surface area contributed by atoms with Crippen LogP contribution in [0.4, 0.5) is 0 Å². The predicted octanol–water partition coefficient (Wildman–Crippen LogP) is 2.27. The summed E-state index contributed by atoms with van der Waals surface area (Å²) in [6.07, 6.45) is -0.332. The van der Waals surface area contributed by atoms with Gasteiger partial charge in [0.25, 0.3) is 0 Å². The SMILES string of the molecule is CC1(C)C(C(O)CCl)C1(C)C. The zero-order valence-electron chi connectivity index (χ0n) is 7.69. The van der Waals surface area contributed by atoms with Crippen molar-refractivity contribution in [1.82, 2.24) is 0 Å². The highest BCUT2D eigenvalue weighted by Gasteiger charge is 2.66. The standard InChI is InChI=1S/C9H17ClO/c1-8(2)7(6(11)5-10)9(8,3)4/h6-7,11H,5H2,1-4H3. The van der Waals surface area contributed by atoms with Gasteiger partial charge in [0.15, 0.2) is 0 Å². The third kappa shape index (κ3) is 1.09. The van der Waals surface area contributed by atoms with Crippen molar-refractivity contribution in [3.63, 3.8) is 0 Å². The minimum Gasteiger partial charge on any atom is -0.392 e. The van der Waals surface area contributed by atoms with Crippen molar-refractivity contribution in [2.75, 3.05) is 5.88 Å². The lowest BCUT2D eigenvalue weighted by molar-refractivity contribution is 0.151. The van der Waals surface area contributed by atoms with E-state index in [1.165, 1.54) is 0 Å². The predicted molar refractivity (Wildman–Crippen MR) is 47.8 cm³/mol. The number of rotatable bonds is 2. The molecule has 1 fully saturated rings. The van der Waals surface area contributed by atoms with Crippen molar-refractivity contribution in [2.45, 2.75) is 33.8 Å². The molecule has 1 unspecified atom stereocenters. The number of alkyl halides is 1. The summed E-state index contributed by atoms with van der Waals surface area (Å²) in [5.74, 6) is 0.727. The van der Waals surface area contributed by atoms with E-state index in [9.17, 15) is 5.11 Å². The van der Waals surface area contributed by atoms with Gasteiger partial charge in [-0.25, -0.2) is 0 Å². The van der Waals surface area contributed by atoms with Gasteiger partial charge in [-0.2, -0.15) is 0 Å². The Morgan fingerprint density at radius 1 is 1.27 bits per heavy atom. The van der Waals surface area contributed by atoms with Crippen LogP contribution in [0.5, 0.6) is 0 Å². The van der Waals surface area contributed by atoms with E-state index in [1.54, 1.807) is 0 Å². The van der Waals surface area contributed by atoms with Crippen LogP contribution >= 0.6 is 11.6 Å². The van der Waals surface area contributed by atoms with Gasteiger partial charge >= 0.3 is 0 Å². The van der Waals surface area contributed by atoms with Crippen LogP contribution in [0.25, 0.3) is 0 Å². The lowest BCUT2D eigenvalue weighted by atomic mass is 10.0. The average Bonchev–Trinajstić information content (AvgIpc) is 2.24. The van der Waals surface area contributed by atoms with Crippen molar-refractivity contribution >= 4 is 11.6 Å². The molecule has 11 heavy (non-hydrogen) atoms. The van der Waals surface area contributed by atoms with Gasteiger partial charge in [-0.1, -0.05) is 27.7 Å². The number of aliphatic hydroxyl groups is 1. The van der Waals surface area contributed by atoms with Crippen molar-refractivity contribution in [1.29, 1.82) is 0 Å². The Labute approximate surface area is 73.8 Å². The van der Waals surface area contributed by atoms with Gasteiger partial charge in [0.05, 0.1) is 6.10 Å². The number of halogens is 1. The first-order chi connectivity index (χ1) is 4.85. The monoisotopic (exact) mass is 176 g/mol. The van der Waals surface area contributed by atoms with Gasteiger partial charge in [-0.05, 0) is 16.7 Å². The Kier molecular flexibility index (Phi) is 2.01. The summed E-state index contributed by atoms with van der Waals surface area (Å²) in [5, 5.41) is 9.54. The van der Waals surface area contributed by atoms with E-state index in [0.29, 0.717) is 11.8 Å². The molecule has 0 bridgehead atoms. The van der Waals surface area contributed by atoms with Gasteiger partial charge in [0.2, 0.25) is 0 Å². The molecule has 1 nitrogen and oxygen atoms in total. The molecule has 0 heterocycles. The maximum Gasteiger partial charge on any atom is 0.0714 e. The summed E-state index contributed by atoms with van der Waals surface area (Å²) < 4.78 is 0. The van der Waals surface area contributed by atoms with Crippen LogP contribution in [0.15, 0.2) is 0 Å². The summed E-state index contributed by atoms with van der Waals surface area (Å²) in [5.41, 5.74) is 0.503. The minimum absolute atomic E-state index is 0.251. The summed E-state index contributed by atoms with van der Waals surface area (Å²) in [6, 6.07) is 0. The normalized spacial score (nSPS) is 30.0. The number of hydrogen-bond acceptors (Lipinski definition) is 1. The molecule has 1 N–H and O–H groups in total. The van der Waals surface area contributed by atoms with E-state index >= 15 is 0 Å². The molecule has 1 saturated carbocycles. The van der Waals surface area contributed by atoms with Crippen LogP contribution < -0.4 is 0 Å². The highest BCUT2D eigenvalue weighted by Crippen LogP contribution is 2.69. The average molecular weight is 177 g/mol. The fraction of sp³-hybridized carbons (Fsp3) is 1.00. The largest absolute Gasteiger partial charge is 0.392 e. The summed E-state index contributed by atoms with van der Waals surface area (Å²) in [6.45, 7) is 8.75. The van der Waals surface area contributed by atoms with Gasteiger partial charge in [0, 0.05) is 5.88 Å². The number of hydrogen-bond donors (Lipinski definition) is 1. The second kappa shape index (κ2) is 2.37. The van der Waals surface area contributed by atoms with E-state index in [-0.39, 0.29) is 16.9 Å². The molecule has 0 aliphatic heterocycles. The molecule has 0 aromatic rings. The molecule has 0 radical (unpaired) electrons. The second-order valence-electron chi connectivity index (χ2n) is 4.64. The van der Waals surface area contributed by atoms with E-state index in [2.05, 4.69) is 27.7 Å². The van der Waals surface area contributed by atoms with Crippen LogP contribution in [-0.2, 0) is 0 Å². The molecule has 1 rings (SSSR count). The van der Waals surface area contributed by atoms with Crippen LogP contribution in [0.1, 0.15) is 27.7 Å². The molecule has 0 aromatic carbocycles. The van der Waals surface area contributed by atoms with Crippen LogP contribution in [0.2, 0.25) is 0 Å². The Morgan fingerprint density at radius 3 is 1.73 bits per heavy atom. The van der Waals surface area contributed by atoms with E-state index < -0.39 is 0 Å². The molecule has 0 spiro atoms. The second-order valence-corrected chi connectivity index (χ2v) is 4.95. The Morgan fingerprint density at radius 2 is 1.64 bits per heavy atom. The summed E-state index contributed by atoms with van der Waals surface area (Å²) in [7, 11) is 0. The van der Waals surface area contributed by atoms with Gasteiger partial charge in [0.1, 0.15) is 0 Å². The van der Waals surface area contributed by atoms with Crippen molar-refractivity contribution in [3.8, 4) is 0 Å².